The SMILES string of the molecule is [N-]=[N+]=NC(=O)CC1c2ccccc2-c2cncn21. The number of hydrogen-bond donors (Lipinski definition) is 0. The Bertz CT molecular complexity index is 669. The Hall–Kier alpha value is -2.59. The Labute approximate surface area is 103 Å². The van der Waals surface area contributed by atoms with Crippen LogP contribution in [-0.4, -0.2) is 15.5 Å². The molecule has 1 aliphatic heterocycles. The van der Waals surface area contributed by atoms with Gasteiger partial charge in [0.1, 0.15) is 0 Å². The van der Waals surface area contributed by atoms with Crippen molar-refractivity contribution in [1.29, 1.82) is 0 Å². The fourth-order valence-corrected chi connectivity index (χ4v) is 2.40. The van der Waals surface area contributed by atoms with Gasteiger partial charge in [0.15, 0.2) is 0 Å². The molecule has 0 N–H and O–H groups in total. The van der Waals surface area contributed by atoms with Gasteiger partial charge >= 0.3 is 0 Å². The summed E-state index contributed by atoms with van der Waals surface area (Å²) in [5.41, 5.74) is 11.4. The standard InChI is InChI=1S/C12H9N5O/c13-16-15-12(18)5-10-8-3-1-2-4-9(8)11-6-14-7-17(10)11/h1-4,6-7,10H,5H2. The first-order valence-electron chi connectivity index (χ1n) is 5.50. The highest BCUT2D eigenvalue weighted by Crippen LogP contribution is 2.40. The van der Waals surface area contributed by atoms with E-state index in [0.29, 0.717) is 0 Å². The van der Waals surface area contributed by atoms with E-state index in [0.717, 1.165) is 16.8 Å². The van der Waals surface area contributed by atoms with Gasteiger partial charge in [-0.05, 0) is 16.2 Å². The average molecular weight is 239 g/mol. The lowest BCUT2D eigenvalue weighted by molar-refractivity contribution is -0.118. The van der Waals surface area contributed by atoms with Gasteiger partial charge in [-0.15, -0.1) is 0 Å². The fraction of sp³-hybridized carbons (Fsp3) is 0.167. The molecular weight excluding hydrogens is 230 g/mol. The molecular formula is C12H9N5O. The van der Waals surface area contributed by atoms with Crippen LogP contribution in [0.15, 0.2) is 41.9 Å². The van der Waals surface area contributed by atoms with Crippen LogP contribution in [0.1, 0.15) is 18.0 Å². The highest BCUT2D eigenvalue weighted by atomic mass is 16.1. The van der Waals surface area contributed by atoms with Crippen LogP contribution < -0.4 is 0 Å². The Balaban J connectivity index is 2.06. The number of nitrogens with zero attached hydrogens (tertiary/aromatic N) is 5. The number of hydrogen-bond acceptors (Lipinski definition) is 2. The van der Waals surface area contributed by atoms with Crippen LogP contribution in [0.4, 0.5) is 0 Å². The highest BCUT2D eigenvalue weighted by molar-refractivity contribution is 5.79. The Morgan fingerprint density at radius 1 is 1.50 bits per heavy atom. The molecule has 0 saturated heterocycles. The van der Waals surface area contributed by atoms with Crippen molar-refractivity contribution in [2.24, 2.45) is 5.11 Å². The third kappa shape index (κ3) is 1.48. The largest absolute Gasteiger partial charge is 0.322 e. The number of carbonyl (C=O) groups excluding carboxylic acids is 1. The van der Waals surface area contributed by atoms with Crippen LogP contribution >= 0.6 is 0 Å². The Kier molecular flexibility index (Phi) is 2.35. The molecule has 18 heavy (non-hydrogen) atoms. The number of aromatic nitrogens is 2. The third-order valence-corrected chi connectivity index (χ3v) is 3.12. The van der Waals surface area contributed by atoms with Crippen molar-refractivity contribution in [2.75, 3.05) is 0 Å². The molecule has 2 aromatic rings. The van der Waals surface area contributed by atoms with E-state index in [1.165, 1.54) is 0 Å². The maximum Gasteiger partial charge on any atom is 0.221 e. The van der Waals surface area contributed by atoms with Crippen molar-refractivity contribution in [3.63, 3.8) is 0 Å². The molecule has 0 fully saturated rings. The van der Waals surface area contributed by atoms with Crippen molar-refractivity contribution >= 4 is 5.91 Å². The molecule has 2 heterocycles. The lowest BCUT2D eigenvalue weighted by Crippen LogP contribution is -2.09. The van der Waals surface area contributed by atoms with Gasteiger partial charge in [-0.3, -0.25) is 4.79 Å². The summed E-state index contributed by atoms with van der Waals surface area (Å²) in [6.07, 6.45) is 3.63. The van der Waals surface area contributed by atoms with E-state index in [9.17, 15) is 4.79 Å². The van der Waals surface area contributed by atoms with E-state index in [1.54, 1.807) is 12.5 Å². The number of rotatable bonds is 2. The number of fused-ring (bicyclic) bond motifs is 3. The van der Waals surface area contributed by atoms with E-state index in [2.05, 4.69) is 15.0 Å². The molecule has 88 valence electrons. The van der Waals surface area contributed by atoms with Crippen LogP contribution in [0.5, 0.6) is 0 Å². The van der Waals surface area contributed by atoms with E-state index in [-0.39, 0.29) is 12.5 Å². The number of azide groups is 1. The quantitative estimate of drug-likeness (QED) is 0.458. The zero-order valence-corrected chi connectivity index (χ0v) is 9.39. The summed E-state index contributed by atoms with van der Waals surface area (Å²) in [7, 11) is 0. The highest BCUT2D eigenvalue weighted by Gasteiger charge is 2.29. The van der Waals surface area contributed by atoms with Crippen molar-refractivity contribution in [3.8, 4) is 11.3 Å². The maximum atomic E-state index is 11.5. The molecule has 1 atom stereocenters. The van der Waals surface area contributed by atoms with Crippen molar-refractivity contribution in [1.82, 2.24) is 9.55 Å². The smallest absolute Gasteiger partial charge is 0.221 e. The molecule has 6 nitrogen and oxygen atoms in total. The van der Waals surface area contributed by atoms with Gasteiger partial charge < -0.3 is 4.57 Å². The molecule has 0 saturated carbocycles. The van der Waals surface area contributed by atoms with Gasteiger partial charge in [-0.2, -0.15) is 0 Å². The number of imidazole rings is 1. The van der Waals surface area contributed by atoms with Crippen LogP contribution in [0, 0.1) is 0 Å². The van der Waals surface area contributed by atoms with Gasteiger partial charge in [0, 0.05) is 16.9 Å². The Morgan fingerprint density at radius 2 is 2.33 bits per heavy atom. The summed E-state index contributed by atoms with van der Waals surface area (Å²) in [5.74, 6) is -0.459. The zero-order chi connectivity index (χ0) is 12.5. The first-order chi connectivity index (χ1) is 8.81. The number of carbonyl (C=O) groups is 1. The van der Waals surface area contributed by atoms with Gasteiger partial charge in [-0.1, -0.05) is 24.3 Å². The van der Waals surface area contributed by atoms with Crippen LogP contribution in [0.2, 0.25) is 0 Å². The number of benzene rings is 1. The summed E-state index contributed by atoms with van der Waals surface area (Å²) in [4.78, 5) is 18.1. The van der Waals surface area contributed by atoms with Crippen LogP contribution in [0.25, 0.3) is 21.7 Å². The molecule has 1 aromatic carbocycles. The topological polar surface area (TPSA) is 83.7 Å². The van der Waals surface area contributed by atoms with Gasteiger partial charge in [0.25, 0.3) is 0 Å². The zero-order valence-electron chi connectivity index (χ0n) is 9.39. The van der Waals surface area contributed by atoms with E-state index < -0.39 is 5.91 Å². The molecule has 1 aliphatic rings. The molecule has 0 bridgehead atoms. The van der Waals surface area contributed by atoms with Crippen molar-refractivity contribution in [2.45, 2.75) is 12.5 Å². The van der Waals surface area contributed by atoms with Crippen molar-refractivity contribution < 1.29 is 4.79 Å². The second-order valence-electron chi connectivity index (χ2n) is 4.08. The van der Waals surface area contributed by atoms with Gasteiger partial charge in [0.2, 0.25) is 5.91 Å². The predicted octanol–water partition coefficient (Wildman–Crippen LogP) is 2.68. The van der Waals surface area contributed by atoms with Crippen LogP contribution in [-0.2, 0) is 4.79 Å². The van der Waals surface area contributed by atoms with Gasteiger partial charge in [-0.25, -0.2) is 4.98 Å². The molecule has 3 rings (SSSR count). The summed E-state index contributed by atoms with van der Waals surface area (Å²) in [6, 6.07) is 7.74. The number of amides is 1. The minimum atomic E-state index is -0.459. The van der Waals surface area contributed by atoms with E-state index in [1.807, 2.05) is 28.8 Å². The molecule has 6 heteroatoms. The normalized spacial score (nSPS) is 15.7. The van der Waals surface area contributed by atoms with Crippen molar-refractivity contribution in [3.05, 3.63) is 52.8 Å². The lowest BCUT2D eigenvalue weighted by Gasteiger charge is -2.12. The summed E-state index contributed by atoms with van der Waals surface area (Å²) in [5, 5.41) is 3.13. The third-order valence-electron chi connectivity index (χ3n) is 3.12. The van der Waals surface area contributed by atoms with E-state index >= 15 is 0 Å². The summed E-state index contributed by atoms with van der Waals surface area (Å²) >= 11 is 0. The Morgan fingerprint density at radius 3 is 3.17 bits per heavy atom. The van der Waals surface area contributed by atoms with Gasteiger partial charge in [0.05, 0.1) is 24.3 Å². The fourth-order valence-electron chi connectivity index (χ4n) is 2.40. The first-order valence-corrected chi connectivity index (χ1v) is 5.50. The molecule has 1 aromatic heterocycles. The lowest BCUT2D eigenvalue weighted by atomic mass is 10.0. The summed E-state index contributed by atoms with van der Waals surface area (Å²) < 4.78 is 1.94. The van der Waals surface area contributed by atoms with E-state index in [4.69, 9.17) is 5.53 Å². The predicted molar refractivity (Wildman–Crippen MR) is 64.6 cm³/mol. The second-order valence-corrected chi connectivity index (χ2v) is 4.08. The molecule has 1 amide bonds. The molecule has 0 aliphatic carbocycles. The second kappa shape index (κ2) is 4.01. The molecule has 1 unspecified atom stereocenters. The maximum absolute atomic E-state index is 11.5. The van der Waals surface area contributed by atoms with Crippen LogP contribution in [0.3, 0.4) is 0 Å². The molecule has 0 spiro atoms. The average Bonchev–Trinajstić information content (AvgIpc) is 2.93. The minimum Gasteiger partial charge on any atom is -0.322 e. The molecule has 0 radical (unpaired) electrons. The minimum absolute atomic E-state index is 0.128. The summed E-state index contributed by atoms with van der Waals surface area (Å²) in [6.45, 7) is 0. The monoisotopic (exact) mass is 239 g/mol. The first kappa shape index (κ1) is 10.6.